The van der Waals surface area contributed by atoms with E-state index >= 15 is 0 Å². The third-order valence-electron chi connectivity index (χ3n) is 5.58. The minimum Gasteiger partial charge on any atom is -0.496 e. The van der Waals surface area contributed by atoms with Crippen molar-refractivity contribution in [3.63, 3.8) is 0 Å². The summed E-state index contributed by atoms with van der Waals surface area (Å²) in [6.07, 6.45) is 2.32. The Labute approximate surface area is 194 Å². The zero-order valence-corrected chi connectivity index (χ0v) is 19.5. The highest BCUT2D eigenvalue weighted by Gasteiger charge is 2.35. The van der Waals surface area contributed by atoms with Crippen LogP contribution < -0.4 is 20.3 Å². The Morgan fingerprint density at radius 3 is 2.52 bits per heavy atom. The van der Waals surface area contributed by atoms with Gasteiger partial charge in [-0.2, -0.15) is 0 Å². The number of anilines is 2. The van der Waals surface area contributed by atoms with E-state index in [0.29, 0.717) is 17.0 Å². The standard InChI is InChI=1S/C25H30N4O4/c1-5-17-10-8-9-11-20(17)26-23(30)16-29-24(31)21(27-25(29)32)14-18-12-13-19(15-22(18)33-4)28(6-2)7-3/h8-15H,5-7,16H2,1-4H3,(H,26,30)(H,27,32)/b21-14+. The number of carbonyl (C=O) groups is 3. The van der Waals surface area contributed by atoms with Crippen molar-refractivity contribution in [2.24, 2.45) is 0 Å². The molecule has 3 rings (SSSR count). The minimum atomic E-state index is -0.635. The third-order valence-corrected chi connectivity index (χ3v) is 5.58. The summed E-state index contributed by atoms with van der Waals surface area (Å²) in [5.41, 5.74) is 3.40. The summed E-state index contributed by atoms with van der Waals surface area (Å²) in [6, 6.07) is 12.5. The molecule has 0 spiro atoms. The van der Waals surface area contributed by atoms with Crippen LogP contribution in [-0.2, 0) is 16.0 Å². The lowest BCUT2D eigenvalue weighted by Crippen LogP contribution is -2.38. The molecule has 0 aliphatic carbocycles. The highest BCUT2D eigenvalue weighted by Crippen LogP contribution is 2.28. The van der Waals surface area contributed by atoms with Gasteiger partial charge in [0.1, 0.15) is 18.0 Å². The Kier molecular flexibility index (Phi) is 7.71. The van der Waals surface area contributed by atoms with E-state index in [-0.39, 0.29) is 12.2 Å². The van der Waals surface area contributed by atoms with Crippen LogP contribution in [0, 0.1) is 0 Å². The molecule has 0 unspecified atom stereocenters. The molecule has 0 atom stereocenters. The summed E-state index contributed by atoms with van der Waals surface area (Å²) >= 11 is 0. The smallest absolute Gasteiger partial charge is 0.329 e. The maximum atomic E-state index is 12.8. The van der Waals surface area contributed by atoms with Gasteiger partial charge in [0.05, 0.1) is 7.11 Å². The maximum Gasteiger partial charge on any atom is 0.329 e. The van der Waals surface area contributed by atoms with Gasteiger partial charge in [0.25, 0.3) is 5.91 Å². The summed E-state index contributed by atoms with van der Waals surface area (Å²) in [5, 5.41) is 5.34. The number of ether oxygens (including phenoxy) is 1. The van der Waals surface area contributed by atoms with Gasteiger partial charge in [-0.15, -0.1) is 0 Å². The van der Waals surface area contributed by atoms with Crippen LogP contribution in [-0.4, -0.2) is 49.5 Å². The van der Waals surface area contributed by atoms with E-state index in [1.54, 1.807) is 19.3 Å². The average molecular weight is 451 g/mol. The maximum absolute atomic E-state index is 12.8. The first kappa shape index (κ1) is 23.8. The molecule has 8 nitrogen and oxygen atoms in total. The lowest BCUT2D eigenvalue weighted by Gasteiger charge is -2.22. The second-order valence-electron chi connectivity index (χ2n) is 7.54. The molecular formula is C25H30N4O4. The molecule has 0 bridgehead atoms. The van der Waals surface area contributed by atoms with Gasteiger partial charge in [-0.3, -0.25) is 9.59 Å². The third kappa shape index (κ3) is 5.34. The van der Waals surface area contributed by atoms with Gasteiger partial charge in [0.2, 0.25) is 5.91 Å². The van der Waals surface area contributed by atoms with Crippen LogP contribution in [0.3, 0.4) is 0 Å². The largest absolute Gasteiger partial charge is 0.496 e. The fourth-order valence-corrected chi connectivity index (χ4v) is 3.76. The predicted octanol–water partition coefficient (Wildman–Crippen LogP) is 3.64. The van der Waals surface area contributed by atoms with Crippen LogP contribution in [0.15, 0.2) is 48.2 Å². The molecule has 0 aromatic heterocycles. The number of nitrogens with zero attached hydrogens (tertiary/aromatic N) is 2. The Balaban J connectivity index is 1.76. The Morgan fingerprint density at radius 1 is 1.12 bits per heavy atom. The SMILES string of the molecule is CCc1ccccc1NC(=O)CN1C(=O)N/C(=C/c2ccc(N(CC)CC)cc2OC)C1=O. The Bertz CT molecular complexity index is 1080. The first-order valence-electron chi connectivity index (χ1n) is 11.1. The van der Waals surface area contributed by atoms with E-state index in [9.17, 15) is 14.4 Å². The van der Waals surface area contributed by atoms with Gasteiger partial charge in [-0.05, 0) is 50.1 Å². The molecule has 4 amide bonds. The lowest BCUT2D eigenvalue weighted by molar-refractivity contribution is -0.127. The number of urea groups is 1. The van der Waals surface area contributed by atoms with E-state index in [1.807, 2.05) is 43.3 Å². The number of hydrogen-bond acceptors (Lipinski definition) is 5. The van der Waals surface area contributed by atoms with Crippen molar-refractivity contribution in [1.29, 1.82) is 0 Å². The predicted molar refractivity (Wildman–Crippen MR) is 129 cm³/mol. The van der Waals surface area contributed by atoms with Crippen LogP contribution >= 0.6 is 0 Å². The van der Waals surface area contributed by atoms with Crippen molar-refractivity contribution in [2.45, 2.75) is 27.2 Å². The van der Waals surface area contributed by atoms with Crippen LogP contribution in [0.1, 0.15) is 31.9 Å². The molecule has 1 aliphatic heterocycles. The van der Waals surface area contributed by atoms with E-state index < -0.39 is 17.8 Å². The van der Waals surface area contributed by atoms with Crippen LogP contribution in [0.5, 0.6) is 5.75 Å². The number of imide groups is 1. The second-order valence-corrected chi connectivity index (χ2v) is 7.54. The molecule has 8 heteroatoms. The van der Waals surface area contributed by atoms with Crippen LogP contribution in [0.4, 0.5) is 16.2 Å². The highest BCUT2D eigenvalue weighted by atomic mass is 16.5. The van der Waals surface area contributed by atoms with Gasteiger partial charge in [-0.1, -0.05) is 25.1 Å². The molecule has 0 saturated carbocycles. The number of aryl methyl sites for hydroxylation is 1. The normalized spacial score (nSPS) is 14.4. The van der Waals surface area contributed by atoms with Gasteiger partial charge in [0, 0.05) is 36.1 Å². The average Bonchev–Trinajstić information content (AvgIpc) is 3.08. The van der Waals surface area contributed by atoms with Gasteiger partial charge < -0.3 is 20.3 Å². The Morgan fingerprint density at radius 2 is 1.85 bits per heavy atom. The van der Waals surface area contributed by atoms with Crippen LogP contribution in [0.2, 0.25) is 0 Å². The van der Waals surface area contributed by atoms with Crippen molar-refractivity contribution in [2.75, 3.05) is 37.0 Å². The zero-order valence-electron chi connectivity index (χ0n) is 19.5. The first-order chi connectivity index (χ1) is 15.9. The number of nitrogens with one attached hydrogen (secondary N) is 2. The van der Waals surface area contributed by atoms with Gasteiger partial charge >= 0.3 is 6.03 Å². The Hall–Kier alpha value is -3.81. The number of carbonyl (C=O) groups excluding carboxylic acids is 3. The topological polar surface area (TPSA) is 91.0 Å². The number of benzene rings is 2. The fraction of sp³-hybridized carbons (Fsp3) is 0.320. The molecule has 2 aromatic carbocycles. The summed E-state index contributed by atoms with van der Waals surface area (Å²) in [4.78, 5) is 40.8. The second kappa shape index (κ2) is 10.7. The van der Waals surface area contributed by atoms with Crippen molar-refractivity contribution < 1.29 is 19.1 Å². The van der Waals surface area contributed by atoms with E-state index in [4.69, 9.17) is 4.74 Å². The molecule has 1 saturated heterocycles. The highest BCUT2D eigenvalue weighted by molar-refractivity contribution is 6.16. The fourth-order valence-electron chi connectivity index (χ4n) is 3.76. The summed E-state index contributed by atoms with van der Waals surface area (Å²) in [5.74, 6) is -0.420. The van der Waals surface area contributed by atoms with E-state index in [1.165, 1.54) is 0 Å². The number of rotatable bonds is 9. The molecule has 33 heavy (non-hydrogen) atoms. The summed E-state index contributed by atoms with van der Waals surface area (Å²) in [6.45, 7) is 7.47. The first-order valence-corrected chi connectivity index (χ1v) is 11.1. The van der Waals surface area contributed by atoms with Gasteiger partial charge in [0.15, 0.2) is 0 Å². The molecule has 2 aromatic rings. The zero-order chi connectivity index (χ0) is 24.0. The minimum absolute atomic E-state index is 0.0932. The van der Waals surface area contributed by atoms with Crippen molar-refractivity contribution >= 4 is 35.3 Å². The van der Waals surface area contributed by atoms with Crippen molar-refractivity contribution in [3.05, 3.63) is 59.3 Å². The summed E-state index contributed by atoms with van der Waals surface area (Å²) < 4.78 is 5.50. The number of amides is 4. The molecule has 1 aliphatic rings. The number of para-hydroxylation sites is 1. The molecule has 1 fully saturated rings. The lowest BCUT2D eigenvalue weighted by atomic mass is 10.1. The van der Waals surface area contributed by atoms with Gasteiger partial charge in [-0.25, -0.2) is 9.69 Å². The molecule has 174 valence electrons. The molecular weight excluding hydrogens is 420 g/mol. The quantitative estimate of drug-likeness (QED) is 0.450. The molecule has 1 heterocycles. The molecule has 2 N–H and O–H groups in total. The number of hydrogen-bond donors (Lipinski definition) is 2. The number of methoxy groups -OCH3 is 1. The van der Waals surface area contributed by atoms with Crippen molar-refractivity contribution in [1.82, 2.24) is 10.2 Å². The van der Waals surface area contributed by atoms with E-state index in [0.717, 1.165) is 35.7 Å². The van der Waals surface area contributed by atoms with E-state index in [2.05, 4.69) is 29.4 Å². The van der Waals surface area contributed by atoms with Crippen LogP contribution in [0.25, 0.3) is 6.08 Å². The summed E-state index contributed by atoms with van der Waals surface area (Å²) in [7, 11) is 1.56. The monoisotopic (exact) mass is 450 g/mol. The molecule has 0 radical (unpaired) electrons. The van der Waals surface area contributed by atoms with Crippen molar-refractivity contribution in [3.8, 4) is 5.75 Å².